The van der Waals surface area contributed by atoms with Gasteiger partial charge in [0.1, 0.15) is 5.76 Å². The maximum atomic E-state index is 12.1. The van der Waals surface area contributed by atoms with Crippen LogP contribution in [-0.4, -0.2) is 19.5 Å². The van der Waals surface area contributed by atoms with Gasteiger partial charge in [0.15, 0.2) is 0 Å². The maximum absolute atomic E-state index is 12.1. The van der Waals surface area contributed by atoms with E-state index < -0.39 is 0 Å². The van der Waals surface area contributed by atoms with Crippen LogP contribution in [0.3, 0.4) is 0 Å². The minimum atomic E-state index is -0.302. The van der Waals surface area contributed by atoms with Crippen LogP contribution in [0.1, 0.15) is 6.92 Å². The molecule has 1 aromatic carbocycles. The summed E-state index contributed by atoms with van der Waals surface area (Å²) in [6, 6.07) is 7.30. The molecule has 3 rings (SSSR count). The second-order valence-electron chi connectivity index (χ2n) is 3.80. The molecule has 0 saturated carbocycles. The lowest BCUT2D eigenvalue weighted by atomic mass is 10.3. The summed E-state index contributed by atoms with van der Waals surface area (Å²) in [5, 5.41) is 9.61. The molecule has 0 radical (unpaired) electrons. The number of fused-ring (bicyclic) bond motifs is 3. The summed E-state index contributed by atoms with van der Waals surface area (Å²) in [4.78, 5) is 20.5. The van der Waals surface area contributed by atoms with Crippen molar-refractivity contribution in [2.24, 2.45) is 0 Å². The monoisotopic (exact) mass is 227 g/mol. The first-order valence-electron chi connectivity index (χ1n) is 5.14. The number of hydrogen-bond donors (Lipinski definition) is 1. The van der Waals surface area contributed by atoms with E-state index in [4.69, 9.17) is 0 Å². The predicted molar refractivity (Wildman–Crippen MR) is 63.7 cm³/mol. The molecule has 0 amide bonds. The zero-order chi connectivity index (χ0) is 12.0. The Labute approximate surface area is 95.7 Å². The first-order valence-corrected chi connectivity index (χ1v) is 5.14. The second-order valence-corrected chi connectivity index (χ2v) is 3.80. The Morgan fingerprint density at radius 1 is 1.35 bits per heavy atom. The highest BCUT2D eigenvalue weighted by atomic mass is 16.3. The van der Waals surface area contributed by atoms with Crippen molar-refractivity contribution in [1.82, 2.24) is 14.4 Å². The molecule has 0 unspecified atom stereocenters. The van der Waals surface area contributed by atoms with E-state index in [1.165, 1.54) is 17.5 Å². The third kappa shape index (κ3) is 1.29. The Morgan fingerprint density at radius 3 is 2.88 bits per heavy atom. The van der Waals surface area contributed by atoms with Gasteiger partial charge in [0.25, 0.3) is 5.56 Å². The first kappa shape index (κ1) is 9.77. The molecule has 3 aromatic rings. The maximum Gasteiger partial charge on any atom is 0.270 e. The van der Waals surface area contributed by atoms with Gasteiger partial charge in [-0.1, -0.05) is 12.1 Å². The van der Waals surface area contributed by atoms with Gasteiger partial charge in [0, 0.05) is 6.20 Å². The van der Waals surface area contributed by atoms with Gasteiger partial charge in [0.05, 0.1) is 16.3 Å². The Bertz CT molecular complexity index is 832. The fourth-order valence-corrected chi connectivity index (χ4v) is 1.85. The highest BCUT2D eigenvalue weighted by Gasteiger charge is 2.08. The fourth-order valence-electron chi connectivity index (χ4n) is 1.85. The number of nitrogens with zero attached hydrogens (tertiary/aromatic N) is 3. The number of aliphatic hydroxyl groups excluding tert-OH is 1. The Hall–Kier alpha value is -2.43. The Morgan fingerprint density at radius 2 is 2.12 bits per heavy atom. The van der Waals surface area contributed by atoms with Crippen LogP contribution in [0.4, 0.5) is 0 Å². The van der Waals surface area contributed by atoms with Crippen LogP contribution in [0.25, 0.3) is 22.6 Å². The lowest BCUT2D eigenvalue weighted by Gasteiger charge is -1.94. The van der Waals surface area contributed by atoms with Crippen molar-refractivity contribution in [3.63, 3.8) is 0 Å². The van der Waals surface area contributed by atoms with Gasteiger partial charge in [-0.2, -0.15) is 0 Å². The highest BCUT2D eigenvalue weighted by Crippen LogP contribution is 2.11. The molecule has 0 aliphatic heterocycles. The van der Waals surface area contributed by atoms with Crippen LogP contribution in [0.15, 0.2) is 35.3 Å². The molecule has 0 bridgehead atoms. The molecule has 5 nitrogen and oxygen atoms in total. The zero-order valence-corrected chi connectivity index (χ0v) is 9.08. The molecule has 2 aromatic heterocycles. The molecule has 0 aliphatic carbocycles. The van der Waals surface area contributed by atoms with Crippen molar-refractivity contribution in [2.75, 3.05) is 0 Å². The van der Waals surface area contributed by atoms with Crippen LogP contribution < -0.4 is 10.8 Å². The van der Waals surface area contributed by atoms with Crippen LogP contribution in [-0.2, 0) is 0 Å². The molecule has 0 spiro atoms. The number of rotatable bonds is 0. The van der Waals surface area contributed by atoms with E-state index in [0.29, 0.717) is 16.8 Å². The van der Waals surface area contributed by atoms with Crippen molar-refractivity contribution in [3.8, 4) is 0 Å². The van der Waals surface area contributed by atoms with E-state index in [9.17, 15) is 9.90 Å². The van der Waals surface area contributed by atoms with Crippen molar-refractivity contribution >= 4 is 22.6 Å². The summed E-state index contributed by atoms with van der Waals surface area (Å²) >= 11 is 0. The average molecular weight is 227 g/mol. The van der Waals surface area contributed by atoms with Gasteiger partial charge in [-0.15, -0.1) is 0 Å². The minimum absolute atomic E-state index is 0.0396. The molecular weight excluding hydrogens is 218 g/mol. The molecule has 2 heterocycles. The second kappa shape index (κ2) is 3.28. The quantitative estimate of drug-likeness (QED) is 0.612. The molecule has 84 valence electrons. The lowest BCUT2D eigenvalue weighted by Crippen LogP contribution is -2.32. The van der Waals surface area contributed by atoms with E-state index in [-0.39, 0.29) is 16.5 Å². The van der Waals surface area contributed by atoms with Crippen molar-refractivity contribution in [1.29, 1.82) is 0 Å². The van der Waals surface area contributed by atoms with Crippen LogP contribution in [0.2, 0.25) is 0 Å². The van der Waals surface area contributed by atoms with Gasteiger partial charge in [-0.05, 0) is 19.1 Å². The zero-order valence-electron chi connectivity index (χ0n) is 9.08. The molecule has 0 fully saturated rings. The third-order valence-electron chi connectivity index (χ3n) is 2.68. The predicted octanol–water partition coefficient (Wildman–Crippen LogP) is 0.648. The first-order chi connectivity index (χ1) is 8.18. The molecule has 5 heteroatoms. The van der Waals surface area contributed by atoms with Crippen LogP contribution in [0, 0.1) is 0 Å². The number of aromatic nitrogens is 3. The van der Waals surface area contributed by atoms with Crippen molar-refractivity contribution < 1.29 is 5.11 Å². The molecule has 1 N–H and O–H groups in total. The summed E-state index contributed by atoms with van der Waals surface area (Å²) in [5.74, 6) is 0.309. The summed E-state index contributed by atoms with van der Waals surface area (Å²) in [6.07, 6.45) is 1.35. The standard InChI is InChI=1S/C12H9N3O2/c1-7(16)8-6-13-12-14-9-4-2-3-5-10(9)15(12)11(8)17/h2-6,16H,1H3/b8-7-. The van der Waals surface area contributed by atoms with E-state index in [2.05, 4.69) is 9.97 Å². The van der Waals surface area contributed by atoms with Crippen LogP contribution in [0.5, 0.6) is 0 Å². The molecule has 0 aliphatic rings. The van der Waals surface area contributed by atoms with Crippen LogP contribution >= 0.6 is 0 Å². The number of benzene rings is 1. The SMILES string of the molecule is C/C(O)=c1\cnc2nc3ccccc3n2c1=O. The largest absolute Gasteiger partial charge is 0.512 e. The molecule has 0 atom stereocenters. The highest BCUT2D eigenvalue weighted by molar-refractivity contribution is 5.79. The summed E-state index contributed by atoms with van der Waals surface area (Å²) in [5.41, 5.74) is 1.11. The van der Waals surface area contributed by atoms with E-state index in [0.717, 1.165) is 0 Å². The van der Waals surface area contributed by atoms with Crippen molar-refractivity contribution in [3.05, 3.63) is 46.0 Å². The van der Waals surface area contributed by atoms with Gasteiger partial charge in [-0.25, -0.2) is 14.4 Å². The molecule has 0 saturated heterocycles. The Kier molecular flexibility index (Phi) is 1.89. The van der Waals surface area contributed by atoms with Crippen molar-refractivity contribution in [2.45, 2.75) is 6.92 Å². The number of hydrogen-bond acceptors (Lipinski definition) is 4. The Balaban J connectivity index is 2.68. The molecule has 17 heavy (non-hydrogen) atoms. The number of imidazole rings is 1. The average Bonchev–Trinajstić information content (AvgIpc) is 2.67. The summed E-state index contributed by atoms with van der Waals surface area (Å²) in [7, 11) is 0. The third-order valence-corrected chi connectivity index (χ3v) is 2.68. The van der Waals surface area contributed by atoms with Gasteiger partial charge >= 0.3 is 0 Å². The molecular formula is C12H9N3O2. The summed E-state index contributed by atoms with van der Waals surface area (Å²) in [6.45, 7) is 1.46. The van der Waals surface area contributed by atoms with E-state index in [1.807, 2.05) is 18.2 Å². The number of aliphatic hydroxyl groups is 1. The van der Waals surface area contributed by atoms with Gasteiger partial charge < -0.3 is 5.11 Å². The fraction of sp³-hybridized carbons (Fsp3) is 0.0833. The normalized spacial score (nSPS) is 13.2. The topological polar surface area (TPSA) is 67.5 Å². The minimum Gasteiger partial charge on any atom is -0.512 e. The summed E-state index contributed by atoms with van der Waals surface area (Å²) < 4.78 is 1.41. The lowest BCUT2D eigenvalue weighted by molar-refractivity contribution is 0.497. The number of para-hydroxylation sites is 2. The van der Waals surface area contributed by atoms with Gasteiger partial charge in [-0.3, -0.25) is 4.79 Å². The smallest absolute Gasteiger partial charge is 0.270 e. The van der Waals surface area contributed by atoms with E-state index >= 15 is 0 Å². The van der Waals surface area contributed by atoms with Gasteiger partial charge in [0.2, 0.25) is 5.78 Å². The van der Waals surface area contributed by atoms with E-state index in [1.54, 1.807) is 6.07 Å².